The molecule has 1 N–H and O–H groups in total. The van der Waals surface area contributed by atoms with Crippen LogP contribution in [0.25, 0.3) is 11.4 Å². The fraction of sp³-hybridized carbons (Fsp3) is 0.273. The molecule has 0 unspecified atom stereocenters. The normalized spacial score (nSPS) is 11.1. The van der Waals surface area contributed by atoms with Crippen LogP contribution in [-0.4, -0.2) is 14.8 Å². The standard InChI is InChI=1S/C11H11Cl2N3S/c1-6(2)16-10(14-15-11(16)17)7-3-8(12)5-9(13)4-7/h3-6H,1-2H3,(H,15,17). The monoisotopic (exact) mass is 287 g/mol. The van der Waals surface area contributed by atoms with Crippen LogP contribution < -0.4 is 0 Å². The Bertz CT molecular complexity index is 581. The lowest BCUT2D eigenvalue weighted by Gasteiger charge is -2.10. The minimum absolute atomic E-state index is 0.217. The van der Waals surface area contributed by atoms with Crippen molar-refractivity contribution in [1.29, 1.82) is 0 Å². The minimum atomic E-state index is 0.217. The predicted octanol–water partition coefficient (Wildman–Crippen LogP) is 4.50. The highest BCUT2D eigenvalue weighted by molar-refractivity contribution is 7.71. The maximum absolute atomic E-state index is 5.98. The highest BCUT2D eigenvalue weighted by Gasteiger charge is 2.12. The first-order valence-electron chi connectivity index (χ1n) is 5.12. The van der Waals surface area contributed by atoms with E-state index in [4.69, 9.17) is 35.4 Å². The average Bonchev–Trinajstić information content (AvgIpc) is 2.58. The summed E-state index contributed by atoms with van der Waals surface area (Å²) >= 11 is 17.2. The van der Waals surface area contributed by atoms with Gasteiger partial charge in [0.1, 0.15) is 0 Å². The first kappa shape index (κ1) is 12.6. The number of hydrogen-bond donors (Lipinski definition) is 1. The van der Waals surface area contributed by atoms with Crippen molar-refractivity contribution in [3.8, 4) is 11.4 Å². The Balaban J connectivity index is 2.64. The summed E-state index contributed by atoms with van der Waals surface area (Å²) in [6.45, 7) is 4.09. The van der Waals surface area contributed by atoms with Gasteiger partial charge in [-0.15, -0.1) is 0 Å². The zero-order chi connectivity index (χ0) is 12.6. The van der Waals surface area contributed by atoms with E-state index in [2.05, 4.69) is 10.2 Å². The summed E-state index contributed by atoms with van der Waals surface area (Å²) in [4.78, 5) is 0. The molecule has 3 nitrogen and oxygen atoms in total. The van der Waals surface area contributed by atoms with E-state index in [1.165, 1.54) is 0 Å². The van der Waals surface area contributed by atoms with Crippen molar-refractivity contribution in [2.45, 2.75) is 19.9 Å². The average molecular weight is 288 g/mol. The van der Waals surface area contributed by atoms with Gasteiger partial charge < -0.3 is 0 Å². The van der Waals surface area contributed by atoms with Gasteiger partial charge in [0.2, 0.25) is 0 Å². The number of rotatable bonds is 2. The van der Waals surface area contributed by atoms with Crippen LogP contribution in [0.1, 0.15) is 19.9 Å². The molecule has 0 aliphatic carbocycles. The van der Waals surface area contributed by atoms with E-state index in [1.54, 1.807) is 6.07 Å². The number of aromatic nitrogens is 3. The lowest BCUT2D eigenvalue weighted by atomic mass is 10.2. The van der Waals surface area contributed by atoms with Gasteiger partial charge in [0.05, 0.1) is 0 Å². The number of H-pyrrole nitrogens is 1. The van der Waals surface area contributed by atoms with Crippen molar-refractivity contribution in [1.82, 2.24) is 14.8 Å². The molecule has 2 aromatic rings. The molecular formula is C11H11Cl2N3S. The maximum atomic E-state index is 5.98. The van der Waals surface area contributed by atoms with Gasteiger partial charge in [-0.05, 0) is 44.3 Å². The van der Waals surface area contributed by atoms with E-state index in [9.17, 15) is 0 Å². The minimum Gasteiger partial charge on any atom is -0.298 e. The van der Waals surface area contributed by atoms with E-state index in [0.29, 0.717) is 14.8 Å². The van der Waals surface area contributed by atoms with Crippen molar-refractivity contribution >= 4 is 35.4 Å². The molecule has 0 saturated heterocycles. The summed E-state index contributed by atoms with van der Waals surface area (Å²) < 4.78 is 2.52. The summed E-state index contributed by atoms with van der Waals surface area (Å²) in [6, 6.07) is 5.54. The van der Waals surface area contributed by atoms with E-state index < -0.39 is 0 Å². The molecule has 0 bridgehead atoms. The van der Waals surface area contributed by atoms with Crippen LogP contribution in [0.5, 0.6) is 0 Å². The molecule has 6 heteroatoms. The Hall–Kier alpha value is -0.840. The van der Waals surface area contributed by atoms with Gasteiger partial charge >= 0.3 is 0 Å². The largest absolute Gasteiger partial charge is 0.298 e. The topological polar surface area (TPSA) is 33.6 Å². The Morgan fingerprint density at radius 1 is 1.24 bits per heavy atom. The fourth-order valence-corrected chi connectivity index (χ4v) is 2.54. The molecule has 0 amide bonds. The predicted molar refractivity (Wildman–Crippen MR) is 73.3 cm³/mol. The Morgan fingerprint density at radius 3 is 2.35 bits per heavy atom. The number of aromatic amines is 1. The summed E-state index contributed by atoms with van der Waals surface area (Å²) in [7, 11) is 0. The number of hydrogen-bond acceptors (Lipinski definition) is 2. The van der Waals surface area contributed by atoms with E-state index in [-0.39, 0.29) is 6.04 Å². The van der Waals surface area contributed by atoms with Crippen molar-refractivity contribution in [3.63, 3.8) is 0 Å². The second kappa shape index (κ2) is 4.80. The van der Waals surface area contributed by atoms with Gasteiger partial charge in [0, 0.05) is 21.7 Å². The summed E-state index contributed by atoms with van der Waals surface area (Å²) in [5, 5.41) is 8.16. The van der Waals surface area contributed by atoms with Crippen molar-refractivity contribution in [2.24, 2.45) is 0 Å². The van der Waals surface area contributed by atoms with Gasteiger partial charge in [0.25, 0.3) is 0 Å². The molecule has 17 heavy (non-hydrogen) atoms. The smallest absolute Gasteiger partial charge is 0.195 e. The lowest BCUT2D eigenvalue weighted by molar-refractivity contribution is 0.597. The van der Waals surface area contributed by atoms with Crippen LogP contribution >= 0.6 is 35.4 Å². The van der Waals surface area contributed by atoms with Crippen LogP contribution in [0.4, 0.5) is 0 Å². The van der Waals surface area contributed by atoms with Gasteiger partial charge in [-0.2, -0.15) is 5.10 Å². The summed E-state index contributed by atoms with van der Waals surface area (Å²) in [5.74, 6) is 0.745. The molecule has 0 aliphatic heterocycles. The molecule has 0 radical (unpaired) electrons. The summed E-state index contributed by atoms with van der Waals surface area (Å²) in [5.41, 5.74) is 0.851. The Morgan fingerprint density at radius 2 is 1.82 bits per heavy atom. The quantitative estimate of drug-likeness (QED) is 0.826. The van der Waals surface area contributed by atoms with E-state index in [0.717, 1.165) is 11.4 Å². The van der Waals surface area contributed by atoms with Gasteiger partial charge in [-0.1, -0.05) is 23.2 Å². The van der Waals surface area contributed by atoms with Crippen LogP contribution in [0, 0.1) is 4.77 Å². The van der Waals surface area contributed by atoms with Crippen LogP contribution in [0.15, 0.2) is 18.2 Å². The molecule has 1 aromatic heterocycles. The fourth-order valence-electron chi connectivity index (χ4n) is 1.67. The molecule has 1 heterocycles. The third-order valence-corrected chi connectivity index (χ3v) is 3.07. The SMILES string of the molecule is CC(C)n1c(-c2cc(Cl)cc(Cl)c2)n[nH]c1=S. The third-order valence-electron chi connectivity index (χ3n) is 2.34. The molecule has 0 fully saturated rings. The zero-order valence-corrected chi connectivity index (χ0v) is 11.7. The zero-order valence-electron chi connectivity index (χ0n) is 9.37. The number of nitrogens with zero attached hydrogens (tertiary/aromatic N) is 2. The van der Waals surface area contributed by atoms with Crippen molar-refractivity contribution in [2.75, 3.05) is 0 Å². The van der Waals surface area contributed by atoms with Crippen LogP contribution in [0.3, 0.4) is 0 Å². The molecular weight excluding hydrogens is 277 g/mol. The van der Waals surface area contributed by atoms with E-state index in [1.807, 2.05) is 30.5 Å². The highest BCUT2D eigenvalue weighted by Crippen LogP contribution is 2.27. The van der Waals surface area contributed by atoms with E-state index >= 15 is 0 Å². The molecule has 0 spiro atoms. The first-order valence-corrected chi connectivity index (χ1v) is 6.29. The van der Waals surface area contributed by atoms with Crippen molar-refractivity contribution < 1.29 is 0 Å². The summed E-state index contributed by atoms with van der Waals surface area (Å²) in [6.07, 6.45) is 0. The van der Waals surface area contributed by atoms with Gasteiger partial charge in [0.15, 0.2) is 10.6 Å². The second-order valence-electron chi connectivity index (χ2n) is 3.97. The first-order chi connectivity index (χ1) is 7.99. The molecule has 90 valence electrons. The van der Waals surface area contributed by atoms with Crippen LogP contribution in [-0.2, 0) is 0 Å². The number of halogens is 2. The molecule has 0 saturated carbocycles. The maximum Gasteiger partial charge on any atom is 0.195 e. The molecule has 2 rings (SSSR count). The lowest BCUT2D eigenvalue weighted by Crippen LogP contribution is -2.03. The van der Waals surface area contributed by atoms with Gasteiger partial charge in [-0.3, -0.25) is 9.67 Å². The molecule has 0 aliphatic rings. The third kappa shape index (κ3) is 2.54. The molecule has 1 aromatic carbocycles. The number of nitrogens with one attached hydrogen (secondary N) is 1. The Labute approximate surface area is 114 Å². The van der Waals surface area contributed by atoms with Crippen molar-refractivity contribution in [3.05, 3.63) is 33.0 Å². The van der Waals surface area contributed by atoms with Crippen LogP contribution in [0.2, 0.25) is 10.0 Å². The molecule has 0 atom stereocenters. The number of benzene rings is 1. The second-order valence-corrected chi connectivity index (χ2v) is 5.23. The Kier molecular flexibility index (Phi) is 3.56. The van der Waals surface area contributed by atoms with Gasteiger partial charge in [-0.25, -0.2) is 0 Å². The highest BCUT2D eigenvalue weighted by atomic mass is 35.5.